The molecular weight excluding hydrogens is 546 g/mol. The van der Waals surface area contributed by atoms with Gasteiger partial charge in [0.25, 0.3) is 0 Å². The number of carbonyl (C=O) groups is 3. The molecule has 6 rings (SSSR count). The Kier molecular flexibility index (Phi) is 11.3. The number of ketones is 3. The Morgan fingerprint density at radius 1 is 0.409 bits per heavy atom. The maximum atomic E-state index is 12.1. The van der Waals surface area contributed by atoms with Gasteiger partial charge < -0.3 is 0 Å². The number of hydrogen-bond donors (Lipinski definition) is 0. The zero-order valence-corrected chi connectivity index (χ0v) is 24.5. The number of pyridine rings is 3. The first-order valence-corrected chi connectivity index (χ1v) is 14.0. The fourth-order valence-electron chi connectivity index (χ4n) is 3.96. The third kappa shape index (κ3) is 9.06. The van der Waals surface area contributed by atoms with Gasteiger partial charge in [-0.25, -0.2) is 0 Å². The number of aryl methyl sites for hydroxylation is 2. The van der Waals surface area contributed by atoms with E-state index in [1.165, 1.54) is 11.1 Å². The van der Waals surface area contributed by atoms with Crippen LogP contribution in [0.4, 0.5) is 0 Å². The topological polar surface area (TPSA) is 89.9 Å². The van der Waals surface area contributed by atoms with Gasteiger partial charge in [0.15, 0.2) is 11.6 Å². The van der Waals surface area contributed by atoms with Crippen LogP contribution in [0.25, 0.3) is 0 Å². The van der Waals surface area contributed by atoms with Crippen LogP contribution in [0.3, 0.4) is 0 Å². The molecule has 0 radical (unpaired) electrons. The minimum atomic E-state index is -0.147. The second kappa shape index (κ2) is 15.9. The number of hydrogen-bond acceptors (Lipinski definition) is 6. The molecule has 0 spiro atoms. The first-order chi connectivity index (χ1) is 21.4. The Morgan fingerprint density at radius 2 is 0.841 bits per heavy atom. The van der Waals surface area contributed by atoms with E-state index in [4.69, 9.17) is 0 Å². The molecule has 0 fully saturated rings. The van der Waals surface area contributed by atoms with Crippen molar-refractivity contribution in [2.45, 2.75) is 13.8 Å². The summed E-state index contributed by atoms with van der Waals surface area (Å²) in [6.45, 7) is 4.03. The summed E-state index contributed by atoms with van der Waals surface area (Å²) in [6.07, 6.45) is 6.42. The molecule has 0 atom stereocenters. The normalized spacial score (nSPS) is 9.86. The number of aromatic nitrogens is 3. The lowest BCUT2D eigenvalue weighted by atomic mass is 10.0. The van der Waals surface area contributed by atoms with Gasteiger partial charge in [-0.2, -0.15) is 0 Å². The summed E-state index contributed by atoms with van der Waals surface area (Å²) >= 11 is 0. The van der Waals surface area contributed by atoms with Crippen LogP contribution in [0.15, 0.2) is 152 Å². The van der Waals surface area contributed by atoms with Crippen LogP contribution < -0.4 is 0 Å². The van der Waals surface area contributed by atoms with Crippen molar-refractivity contribution in [3.63, 3.8) is 0 Å². The number of nitrogens with zero attached hydrogens (tertiary/aromatic N) is 3. The van der Waals surface area contributed by atoms with Gasteiger partial charge in [-0.15, -0.1) is 0 Å². The highest BCUT2D eigenvalue weighted by molar-refractivity contribution is 6.09. The molecule has 216 valence electrons. The maximum absolute atomic E-state index is 12.1. The van der Waals surface area contributed by atoms with Crippen molar-refractivity contribution in [2.24, 2.45) is 0 Å². The molecule has 0 aliphatic rings. The summed E-state index contributed by atoms with van der Waals surface area (Å²) in [7, 11) is 0. The van der Waals surface area contributed by atoms with Gasteiger partial charge in [0.1, 0.15) is 11.4 Å². The molecule has 6 aromatic rings. The van der Waals surface area contributed by atoms with E-state index in [9.17, 15) is 14.4 Å². The van der Waals surface area contributed by atoms with E-state index in [1.807, 2.05) is 80.6 Å². The minimum Gasteiger partial charge on any atom is -0.289 e. The molecule has 6 heteroatoms. The van der Waals surface area contributed by atoms with E-state index in [1.54, 1.807) is 85.5 Å². The molecule has 0 amide bonds. The molecule has 0 aliphatic heterocycles. The zero-order chi connectivity index (χ0) is 31.1. The first-order valence-electron chi connectivity index (χ1n) is 14.0. The summed E-state index contributed by atoms with van der Waals surface area (Å²) in [5.74, 6) is -0.0510. The van der Waals surface area contributed by atoms with Crippen molar-refractivity contribution >= 4 is 17.3 Å². The van der Waals surface area contributed by atoms with Crippen LogP contribution in [0.1, 0.15) is 59.2 Å². The van der Waals surface area contributed by atoms with E-state index in [0.717, 1.165) is 11.1 Å². The highest BCUT2D eigenvalue weighted by Gasteiger charge is 2.10. The van der Waals surface area contributed by atoms with Gasteiger partial charge >= 0.3 is 0 Å². The SMILES string of the molecule is Cc1ccc(C(=O)c2ccc(C)cc2)cc1.O=C(c1ccccc1)c1cccnc1.O=C(c1ccccn1)c1ccccn1. The van der Waals surface area contributed by atoms with Crippen LogP contribution >= 0.6 is 0 Å². The van der Waals surface area contributed by atoms with Crippen molar-refractivity contribution in [3.05, 3.63) is 197 Å². The molecule has 0 unspecified atom stereocenters. The van der Waals surface area contributed by atoms with E-state index in [-0.39, 0.29) is 17.3 Å². The Balaban J connectivity index is 0.000000151. The van der Waals surface area contributed by atoms with Gasteiger partial charge in [0.2, 0.25) is 5.78 Å². The maximum Gasteiger partial charge on any atom is 0.229 e. The average molecular weight is 578 g/mol. The molecule has 3 heterocycles. The van der Waals surface area contributed by atoms with Gasteiger partial charge in [-0.05, 0) is 50.2 Å². The Hall–Kier alpha value is -5.88. The highest BCUT2D eigenvalue weighted by Crippen LogP contribution is 2.12. The molecule has 0 bridgehead atoms. The summed E-state index contributed by atoms with van der Waals surface area (Å²) in [4.78, 5) is 47.4. The summed E-state index contributed by atoms with van der Waals surface area (Å²) in [5.41, 5.74) is 5.99. The Morgan fingerprint density at radius 3 is 1.27 bits per heavy atom. The average Bonchev–Trinajstić information content (AvgIpc) is 3.10. The molecule has 44 heavy (non-hydrogen) atoms. The molecule has 0 saturated heterocycles. The Bertz CT molecular complexity index is 1560. The van der Waals surface area contributed by atoms with Crippen LogP contribution in [0.5, 0.6) is 0 Å². The summed E-state index contributed by atoms with van der Waals surface area (Å²) in [5, 5.41) is 0. The van der Waals surface area contributed by atoms with Crippen LogP contribution in [0, 0.1) is 13.8 Å². The molecule has 3 aromatic carbocycles. The second-order valence-corrected chi connectivity index (χ2v) is 9.76. The fraction of sp³-hybridized carbons (Fsp3) is 0.0526. The number of benzene rings is 3. The summed E-state index contributed by atoms with van der Waals surface area (Å²) in [6, 6.07) is 38.5. The zero-order valence-electron chi connectivity index (χ0n) is 24.5. The monoisotopic (exact) mass is 577 g/mol. The van der Waals surface area contributed by atoms with Crippen molar-refractivity contribution in [2.75, 3.05) is 0 Å². The lowest BCUT2D eigenvalue weighted by Crippen LogP contribution is -2.05. The van der Waals surface area contributed by atoms with E-state index in [0.29, 0.717) is 22.5 Å². The van der Waals surface area contributed by atoms with E-state index < -0.39 is 0 Å². The largest absolute Gasteiger partial charge is 0.289 e. The second-order valence-electron chi connectivity index (χ2n) is 9.76. The highest BCUT2D eigenvalue weighted by atomic mass is 16.1. The van der Waals surface area contributed by atoms with Crippen molar-refractivity contribution in [1.82, 2.24) is 15.0 Å². The number of carbonyl (C=O) groups excluding carboxylic acids is 3. The van der Waals surface area contributed by atoms with Crippen LogP contribution in [-0.2, 0) is 0 Å². The molecule has 0 aliphatic carbocycles. The standard InChI is InChI=1S/C15H14O.C12H9NO.C11H8N2O/c1-11-3-7-13(8-4-11)15(16)14-9-5-12(2)6-10-14;14-12(10-5-2-1-3-6-10)11-7-4-8-13-9-11;14-11(9-5-1-3-7-12-9)10-6-2-4-8-13-10/h3-10H,1-2H3;1-9H;1-8H. The van der Waals surface area contributed by atoms with E-state index in [2.05, 4.69) is 15.0 Å². The van der Waals surface area contributed by atoms with Crippen molar-refractivity contribution in [3.8, 4) is 0 Å². The molecule has 0 saturated carbocycles. The molecule has 3 aromatic heterocycles. The quantitative estimate of drug-likeness (QED) is 0.190. The van der Waals surface area contributed by atoms with Gasteiger partial charge in [0, 0.05) is 47.0 Å². The third-order valence-electron chi connectivity index (χ3n) is 6.38. The fourth-order valence-corrected chi connectivity index (χ4v) is 3.96. The predicted octanol–water partition coefficient (Wildman–Crippen LogP) is 7.55. The first kappa shape index (κ1) is 31.1. The lowest BCUT2D eigenvalue weighted by Gasteiger charge is -2.02. The van der Waals surface area contributed by atoms with Gasteiger partial charge in [-0.3, -0.25) is 29.3 Å². The van der Waals surface area contributed by atoms with Crippen molar-refractivity contribution in [1.29, 1.82) is 0 Å². The predicted molar refractivity (Wildman–Crippen MR) is 172 cm³/mol. The van der Waals surface area contributed by atoms with Gasteiger partial charge in [0.05, 0.1) is 0 Å². The molecular formula is C38H31N3O3. The number of rotatable bonds is 6. The third-order valence-corrected chi connectivity index (χ3v) is 6.38. The molecule has 6 nitrogen and oxygen atoms in total. The van der Waals surface area contributed by atoms with E-state index >= 15 is 0 Å². The smallest absolute Gasteiger partial charge is 0.229 e. The van der Waals surface area contributed by atoms with Crippen LogP contribution in [0.2, 0.25) is 0 Å². The Labute approximate surface area is 257 Å². The van der Waals surface area contributed by atoms with Crippen molar-refractivity contribution < 1.29 is 14.4 Å². The van der Waals surface area contributed by atoms with Gasteiger partial charge in [-0.1, -0.05) is 102 Å². The minimum absolute atomic E-state index is 0.0127. The lowest BCUT2D eigenvalue weighted by molar-refractivity contribution is 0.102. The van der Waals surface area contributed by atoms with Crippen LogP contribution in [-0.4, -0.2) is 32.3 Å². The molecule has 0 N–H and O–H groups in total. The summed E-state index contributed by atoms with van der Waals surface area (Å²) < 4.78 is 0.